The molecule has 0 saturated carbocycles. The third-order valence-corrected chi connectivity index (χ3v) is 4.00. The first kappa shape index (κ1) is 17.9. The van der Waals surface area contributed by atoms with Gasteiger partial charge < -0.3 is 10.1 Å². The average Bonchev–Trinajstić information content (AvgIpc) is 2.95. The Bertz CT molecular complexity index is 935. The van der Waals surface area contributed by atoms with Crippen LogP contribution in [0.15, 0.2) is 42.5 Å². The molecule has 0 unspecified atom stereocenters. The zero-order valence-corrected chi connectivity index (χ0v) is 15.5. The lowest BCUT2D eigenvalue weighted by Crippen LogP contribution is -2.16. The summed E-state index contributed by atoms with van der Waals surface area (Å²) in [4.78, 5) is 17.0. The van der Waals surface area contributed by atoms with Crippen LogP contribution in [-0.4, -0.2) is 27.3 Å². The van der Waals surface area contributed by atoms with Crippen molar-refractivity contribution >= 4 is 23.2 Å². The van der Waals surface area contributed by atoms with E-state index >= 15 is 0 Å². The number of rotatable bonds is 5. The number of anilines is 1. The lowest BCUT2D eigenvalue weighted by Gasteiger charge is -2.10. The molecule has 1 aromatic carbocycles. The molecule has 0 fully saturated rings. The Morgan fingerprint density at radius 1 is 1.19 bits per heavy atom. The van der Waals surface area contributed by atoms with Crippen LogP contribution in [0.5, 0.6) is 5.75 Å². The quantitative estimate of drug-likeness (QED) is 0.731. The first-order chi connectivity index (χ1) is 12.5. The van der Waals surface area contributed by atoms with Gasteiger partial charge in [0.15, 0.2) is 5.82 Å². The lowest BCUT2D eigenvalue weighted by atomic mass is 10.2. The molecule has 0 saturated heterocycles. The van der Waals surface area contributed by atoms with Gasteiger partial charge in [-0.1, -0.05) is 11.6 Å². The van der Waals surface area contributed by atoms with Crippen molar-refractivity contribution in [2.24, 2.45) is 0 Å². The van der Waals surface area contributed by atoms with Crippen LogP contribution in [0.2, 0.25) is 5.02 Å². The summed E-state index contributed by atoms with van der Waals surface area (Å²) in [6.45, 7) is 6.33. The van der Waals surface area contributed by atoms with Gasteiger partial charge in [0.1, 0.15) is 11.4 Å². The topological polar surface area (TPSA) is 69.0 Å². The van der Waals surface area contributed by atoms with Crippen LogP contribution in [0.4, 0.5) is 5.69 Å². The molecule has 134 valence electrons. The maximum Gasteiger partial charge on any atom is 0.275 e. The fraction of sp³-hybridized carbons (Fsp3) is 0.211. The van der Waals surface area contributed by atoms with Crippen molar-refractivity contribution in [1.82, 2.24) is 14.8 Å². The van der Waals surface area contributed by atoms with Crippen LogP contribution in [0, 0.1) is 13.8 Å². The Hall–Kier alpha value is -2.86. The van der Waals surface area contributed by atoms with Gasteiger partial charge in [0.25, 0.3) is 5.91 Å². The van der Waals surface area contributed by atoms with Gasteiger partial charge in [0.2, 0.25) is 0 Å². The maximum atomic E-state index is 12.6. The first-order valence-corrected chi connectivity index (χ1v) is 8.60. The van der Waals surface area contributed by atoms with Gasteiger partial charge in [-0.3, -0.25) is 4.79 Å². The number of nitrogens with one attached hydrogen (secondary N) is 1. The molecule has 2 aromatic heterocycles. The van der Waals surface area contributed by atoms with Crippen LogP contribution in [0.1, 0.15) is 28.8 Å². The fourth-order valence-corrected chi connectivity index (χ4v) is 2.75. The fourth-order valence-electron chi connectivity index (χ4n) is 2.56. The van der Waals surface area contributed by atoms with Crippen molar-refractivity contribution in [1.29, 1.82) is 0 Å². The Balaban J connectivity index is 1.84. The van der Waals surface area contributed by atoms with Crippen LogP contribution < -0.4 is 10.1 Å². The molecule has 2 heterocycles. The smallest absolute Gasteiger partial charge is 0.275 e. The van der Waals surface area contributed by atoms with E-state index in [1.54, 1.807) is 41.1 Å². The van der Waals surface area contributed by atoms with E-state index in [4.69, 9.17) is 16.3 Å². The molecule has 0 radical (unpaired) electrons. The van der Waals surface area contributed by atoms with Crippen LogP contribution in [0.3, 0.4) is 0 Å². The van der Waals surface area contributed by atoms with Gasteiger partial charge in [0, 0.05) is 11.4 Å². The predicted molar refractivity (Wildman–Crippen MR) is 101 cm³/mol. The minimum absolute atomic E-state index is 0.144. The average molecular weight is 371 g/mol. The number of aromatic nitrogens is 3. The monoisotopic (exact) mass is 370 g/mol. The number of carbonyl (C=O) groups is 1. The highest BCUT2D eigenvalue weighted by atomic mass is 35.5. The Kier molecular flexibility index (Phi) is 5.23. The molecule has 0 aliphatic rings. The molecule has 3 aromatic rings. The minimum Gasteiger partial charge on any atom is -0.494 e. The molecule has 26 heavy (non-hydrogen) atoms. The number of hydrogen-bond donors (Lipinski definition) is 1. The maximum absolute atomic E-state index is 12.6. The van der Waals surface area contributed by atoms with Crippen molar-refractivity contribution < 1.29 is 9.53 Å². The molecule has 3 rings (SSSR count). The molecule has 1 amide bonds. The van der Waals surface area contributed by atoms with Gasteiger partial charge in [-0.2, -0.15) is 5.10 Å². The number of pyridine rings is 1. The second-order valence-corrected chi connectivity index (χ2v) is 6.16. The molecular weight excluding hydrogens is 352 g/mol. The van der Waals surface area contributed by atoms with Gasteiger partial charge in [-0.05, 0) is 63.2 Å². The summed E-state index contributed by atoms with van der Waals surface area (Å²) in [6, 6.07) is 12.4. The zero-order valence-electron chi connectivity index (χ0n) is 14.8. The lowest BCUT2D eigenvalue weighted by molar-refractivity contribution is 0.102. The van der Waals surface area contributed by atoms with E-state index in [2.05, 4.69) is 15.4 Å². The van der Waals surface area contributed by atoms with E-state index in [9.17, 15) is 4.79 Å². The predicted octanol–water partition coefficient (Wildman–Crippen LogP) is 4.19. The van der Waals surface area contributed by atoms with Crippen molar-refractivity contribution in [3.63, 3.8) is 0 Å². The highest BCUT2D eigenvalue weighted by Gasteiger charge is 2.15. The highest BCUT2D eigenvalue weighted by molar-refractivity contribution is 6.34. The minimum atomic E-state index is -0.387. The number of carbonyl (C=O) groups excluding carboxylic acids is 1. The number of benzene rings is 1. The Labute approximate surface area is 156 Å². The molecule has 0 atom stereocenters. The third-order valence-electron chi connectivity index (χ3n) is 3.70. The summed E-state index contributed by atoms with van der Waals surface area (Å²) >= 11 is 6.18. The third kappa shape index (κ3) is 3.86. The molecule has 6 nitrogen and oxygen atoms in total. The van der Waals surface area contributed by atoms with E-state index in [-0.39, 0.29) is 16.6 Å². The van der Waals surface area contributed by atoms with Gasteiger partial charge in [-0.25, -0.2) is 9.67 Å². The summed E-state index contributed by atoms with van der Waals surface area (Å²) in [5, 5.41) is 7.46. The molecule has 0 aliphatic heterocycles. The van der Waals surface area contributed by atoms with Crippen LogP contribution in [0.25, 0.3) is 5.82 Å². The largest absolute Gasteiger partial charge is 0.494 e. The van der Waals surface area contributed by atoms with E-state index in [1.165, 1.54) is 0 Å². The molecule has 7 heteroatoms. The molecule has 0 spiro atoms. The molecular formula is C19H19ClN4O2. The number of amides is 1. The van der Waals surface area contributed by atoms with Crippen LogP contribution >= 0.6 is 11.6 Å². The van der Waals surface area contributed by atoms with Crippen molar-refractivity contribution in [3.05, 3.63) is 64.6 Å². The first-order valence-electron chi connectivity index (χ1n) is 8.22. The van der Waals surface area contributed by atoms with E-state index in [0.717, 1.165) is 17.1 Å². The van der Waals surface area contributed by atoms with E-state index in [1.807, 2.05) is 26.8 Å². The van der Waals surface area contributed by atoms with Gasteiger partial charge in [-0.15, -0.1) is 0 Å². The SMILES string of the molecule is CCOc1ccc(NC(=O)c2nc(-n3nc(C)cc3C)ccc2Cl)cc1. The summed E-state index contributed by atoms with van der Waals surface area (Å²) in [5.41, 5.74) is 2.58. The summed E-state index contributed by atoms with van der Waals surface area (Å²) in [6.07, 6.45) is 0. The Morgan fingerprint density at radius 3 is 2.54 bits per heavy atom. The number of hydrogen-bond acceptors (Lipinski definition) is 4. The standard InChI is InChI=1S/C19H19ClN4O2/c1-4-26-15-7-5-14(6-8-15)21-19(25)18-16(20)9-10-17(22-18)24-13(3)11-12(2)23-24/h5-11H,4H2,1-3H3,(H,21,25). The normalized spacial score (nSPS) is 10.6. The second kappa shape index (κ2) is 7.58. The highest BCUT2D eigenvalue weighted by Crippen LogP contribution is 2.20. The molecule has 0 aliphatic carbocycles. The number of halogens is 1. The summed E-state index contributed by atoms with van der Waals surface area (Å²) in [7, 11) is 0. The zero-order chi connectivity index (χ0) is 18.7. The number of aryl methyl sites for hydroxylation is 2. The molecule has 1 N–H and O–H groups in total. The number of nitrogens with zero attached hydrogens (tertiary/aromatic N) is 3. The van der Waals surface area contributed by atoms with E-state index < -0.39 is 0 Å². The number of ether oxygens (including phenoxy) is 1. The Morgan fingerprint density at radius 2 is 1.92 bits per heavy atom. The van der Waals surface area contributed by atoms with Crippen molar-refractivity contribution in [3.8, 4) is 11.6 Å². The van der Waals surface area contributed by atoms with E-state index in [0.29, 0.717) is 18.1 Å². The molecule has 0 bridgehead atoms. The van der Waals surface area contributed by atoms with Gasteiger partial charge in [0.05, 0.1) is 17.3 Å². The second-order valence-electron chi connectivity index (χ2n) is 5.75. The van der Waals surface area contributed by atoms with Crippen molar-refractivity contribution in [2.45, 2.75) is 20.8 Å². The van der Waals surface area contributed by atoms with Gasteiger partial charge >= 0.3 is 0 Å². The van der Waals surface area contributed by atoms with Crippen molar-refractivity contribution in [2.75, 3.05) is 11.9 Å². The summed E-state index contributed by atoms with van der Waals surface area (Å²) in [5.74, 6) is 0.896. The summed E-state index contributed by atoms with van der Waals surface area (Å²) < 4.78 is 7.07. The van der Waals surface area contributed by atoms with Crippen LogP contribution in [-0.2, 0) is 0 Å².